The third-order valence-corrected chi connectivity index (χ3v) is 5.15. The Morgan fingerprint density at radius 2 is 1.89 bits per heavy atom. The first-order valence-electron chi connectivity index (χ1n) is 9.17. The lowest BCUT2D eigenvalue weighted by atomic mass is 9.85. The number of nitrogens with one attached hydrogen (secondary N) is 2. The van der Waals surface area contributed by atoms with Crippen LogP contribution in [0.3, 0.4) is 0 Å². The molecule has 28 heavy (non-hydrogen) atoms. The highest BCUT2D eigenvalue weighted by Crippen LogP contribution is 2.38. The average Bonchev–Trinajstić information content (AvgIpc) is 2.69. The summed E-state index contributed by atoms with van der Waals surface area (Å²) in [6.45, 7) is 4.40. The lowest BCUT2D eigenvalue weighted by Crippen LogP contribution is -2.31. The second-order valence-corrected chi connectivity index (χ2v) is 7.55. The zero-order chi connectivity index (χ0) is 20.7. The fourth-order valence-corrected chi connectivity index (χ4v) is 3.91. The number of anilines is 1. The molecule has 0 saturated carbocycles. The van der Waals surface area contributed by atoms with Gasteiger partial charge in [-0.3, -0.25) is 0 Å². The monoisotopic (exact) mass is 533 g/mol. The van der Waals surface area contributed by atoms with Crippen molar-refractivity contribution in [3.05, 3.63) is 63.1 Å². The molecule has 0 saturated heterocycles. The molecule has 1 aliphatic heterocycles. The molecule has 2 aromatic rings. The molecule has 0 radical (unpaired) electrons. The van der Waals surface area contributed by atoms with E-state index in [4.69, 9.17) is 23.2 Å². The van der Waals surface area contributed by atoms with Crippen molar-refractivity contribution in [2.24, 2.45) is 0 Å². The largest absolute Gasteiger partial charge is 0.338 e. The lowest BCUT2D eigenvalue weighted by Gasteiger charge is -2.33. The van der Waals surface area contributed by atoms with E-state index >= 15 is 0 Å². The summed E-state index contributed by atoms with van der Waals surface area (Å²) < 4.78 is 0. The quantitative estimate of drug-likeness (QED) is 0.365. The third-order valence-electron chi connectivity index (χ3n) is 4.60. The highest BCUT2D eigenvalue weighted by atomic mass is 127. The number of halogens is 3. The third kappa shape index (κ3) is 5.99. The first kappa shape index (κ1) is 23.3. The minimum absolute atomic E-state index is 0.180. The summed E-state index contributed by atoms with van der Waals surface area (Å²) in [5, 5.41) is 7.03. The number of hydrogen-bond donors (Lipinski definition) is 2. The molecule has 4 nitrogen and oxygen atoms in total. The Kier molecular flexibility index (Phi) is 9.34. The molecule has 0 aromatic heterocycles. The molecule has 152 valence electrons. The van der Waals surface area contributed by atoms with Crippen molar-refractivity contribution >= 4 is 57.5 Å². The van der Waals surface area contributed by atoms with Gasteiger partial charge in [0.2, 0.25) is 0 Å². The fraction of sp³-hybridized carbons (Fsp3) is 0.381. The number of carbonyl (C=O) groups is 1. The Morgan fingerprint density at radius 3 is 2.54 bits per heavy atom. The van der Waals surface area contributed by atoms with Gasteiger partial charge in [-0.15, -0.1) is 0 Å². The van der Waals surface area contributed by atoms with Crippen molar-refractivity contribution in [3.63, 3.8) is 0 Å². The molecule has 2 aromatic carbocycles. The molecule has 3 rings (SSSR count). The van der Waals surface area contributed by atoms with E-state index in [2.05, 4.69) is 57.3 Å². The van der Waals surface area contributed by atoms with Crippen LogP contribution in [0, 0.1) is 0 Å². The van der Waals surface area contributed by atoms with Crippen LogP contribution in [0.1, 0.15) is 36.0 Å². The second kappa shape index (κ2) is 11.2. The minimum atomic E-state index is -0.180. The van der Waals surface area contributed by atoms with E-state index in [1.807, 2.05) is 30.1 Å². The van der Waals surface area contributed by atoms with Gasteiger partial charge < -0.3 is 15.5 Å². The highest BCUT2D eigenvalue weighted by Gasteiger charge is 2.27. The number of amides is 2. The van der Waals surface area contributed by atoms with Crippen LogP contribution in [0.2, 0.25) is 10.0 Å². The standard InChI is InChI=1S/C20H23Cl2N3O.CH3I/c1-3-8-23-20(26)24-15-6-4-13(5-7-15)17-11-25(2)12-18-16(17)9-14(21)10-19(18)22;1-2/h4-7,9-10,17H,3,8,11-12H2,1-2H3,(H2,23,24,26);1H3. The van der Waals surface area contributed by atoms with Crippen LogP contribution in [-0.2, 0) is 6.54 Å². The SMILES string of the molecule is CCCNC(=O)Nc1ccc(C2CN(C)Cc3c(Cl)cc(Cl)cc32)cc1.CI. The molecular weight excluding hydrogens is 508 g/mol. The zero-order valence-corrected chi connectivity index (χ0v) is 20.0. The fourth-order valence-electron chi connectivity index (χ4n) is 3.34. The predicted molar refractivity (Wildman–Crippen MR) is 128 cm³/mol. The molecule has 1 heterocycles. The van der Waals surface area contributed by atoms with E-state index < -0.39 is 0 Å². The first-order chi connectivity index (χ1) is 13.5. The van der Waals surface area contributed by atoms with Gasteiger partial charge in [0.25, 0.3) is 0 Å². The molecule has 0 aliphatic carbocycles. The van der Waals surface area contributed by atoms with Crippen LogP contribution in [0.4, 0.5) is 10.5 Å². The van der Waals surface area contributed by atoms with Gasteiger partial charge in [-0.05, 0) is 59.4 Å². The number of carbonyl (C=O) groups excluding carboxylic acids is 1. The summed E-state index contributed by atoms with van der Waals surface area (Å²) in [7, 11) is 2.09. The van der Waals surface area contributed by atoms with Crippen molar-refractivity contribution in [2.45, 2.75) is 25.8 Å². The van der Waals surface area contributed by atoms with Crippen LogP contribution in [0.25, 0.3) is 0 Å². The van der Waals surface area contributed by atoms with Gasteiger partial charge in [-0.25, -0.2) is 4.79 Å². The molecular formula is C21H26Cl2IN3O. The lowest BCUT2D eigenvalue weighted by molar-refractivity contribution is 0.252. The van der Waals surface area contributed by atoms with Crippen LogP contribution >= 0.6 is 45.8 Å². The topological polar surface area (TPSA) is 44.4 Å². The first-order valence-corrected chi connectivity index (χ1v) is 12.1. The Labute approximate surface area is 191 Å². The summed E-state index contributed by atoms with van der Waals surface area (Å²) in [5.74, 6) is 0.197. The van der Waals surface area contributed by atoms with Crippen molar-refractivity contribution in [3.8, 4) is 0 Å². The van der Waals surface area contributed by atoms with E-state index in [0.717, 1.165) is 35.8 Å². The summed E-state index contributed by atoms with van der Waals surface area (Å²) in [6, 6.07) is 11.6. The maximum Gasteiger partial charge on any atom is 0.319 e. The van der Waals surface area contributed by atoms with Gasteiger partial charge in [-0.2, -0.15) is 0 Å². The zero-order valence-electron chi connectivity index (χ0n) is 16.4. The van der Waals surface area contributed by atoms with Crippen LogP contribution in [-0.4, -0.2) is 36.0 Å². The van der Waals surface area contributed by atoms with Crippen molar-refractivity contribution in [2.75, 3.05) is 30.4 Å². The molecule has 1 atom stereocenters. The Balaban J connectivity index is 0.00000136. The van der Waals surface area contributed by atoms with Crippen molar-refractivity contribution in [1.29, 1.82) is 0 Å². The predicted octanol–water partition coefficient (Wildman–Crippen LogP) is 6.15. The maximum atomic E-state index is 11.8. The molecule has 1 aliphatic rings. The number of urea groups is 1. The summed E-state index contributed by atoms with van der Waals surface area (Å²) in [6.07, 6.45) is 0.909. The summed E-state index contributed by atoms with van der Waals surface area (Å²) in [4.78, 5) is 16.0. The normalized spacial score (nSPS) is 15.9. The minimum Gasteiger partial charge on any atom is -0.338 e. The van der Waals surface area contributed by atoms with E-state index in [9.17, 15) is 4.79 Å². The Morgan fingerprint density at radius 1 is 1.21 bits per heavy atom. The Bertz CT molecular complexity index is 799. The number of benzene rings is 2. The van der Waals surface area contributed by atoms with Gasteiger partial charge >= 0.3 is 6.03 Å². The molecule has 7 heteroatoms. The summed E-state index contributed by atoms with van der Waals surface area (Å²) >= 11 is 14.8. The molecule has 2 amide bonds. The van der Waals surface area contributed by atoms with E-state index in [1.165, 1.54) is 11.1 Å². The number of rotatable bonds is 4. The molecule has 1 unspecified atom stereocenters. The molecule has 0 bridgehead atoms. The number of likely N-dealkylation sites (N-methyl/N-ethyl adjacent to an activating group) is 1. The molecule has 0 fully saturated rings. The van der Waals surface area contributed by atoms with Gasteiger partial charge in [0.05, 0.1) is 0 Å². The number of nitrogens with zero attached hydrogens (tertiary/aromatic N) is 1. The van der Waals surface area contributed by atoms with E-state index in [1.54, 1.807) is 6.07 Å². The summed E-state index contributed by atoms with van der Waals surface area (Å²) in [5.41, 5.74) is 4.27. The second-order valence-electron chi connectivity index (χ2n) is 6.71. The van der Waals surface area contributed by atoms with Gasteiger partial charge in [-0.1, -0.05) is 64.8 Å². The maximum absolute atomic E-state index is 11.8. The van der Waals surface area contributed by atoms with E-state index in [0.29, 0.717) is 11.6 Å². The molecule has 0 spiro atoms. The van der Waals surface area contributed by atoms with Gasteiger partial charge in [0.1, 0.15) is 0 Å². The number of hydrogen-bond acceptors (Lipinski definition) is 2. The van der Waals surface area contributed by atoms with Crippen LogP contribution in [0.5, 0.6) is 0 Å². The smallest absolute Gasteiger partial charge is 0.319 e. The van der Waals surface area contributed by atoms with E-state index in [-0.39, 0.29) is 11.9 Å². The average molecular weight is 534 g/mol. The molecule has 2 N–H and O–H groups in total. The van der Waals surface area contributed by atoms with Crippen molar-refractivity contribution in [1.82, 2.24) is 10.2 Å². The Hall–Kier alpha value is -1.02. The number of alkyl halides is 1. The van der Waals surface area contributed by atoms with Crippen molar-refractivity contribution < 1.29 is 4.79 Å². The van der Waals surface area contributed by atoms with Crippen LogP contribution < -0.4 is 10.6 Å². The van der Waals surface area contributed by atoms with Gasteiger partial charge in [0, 0.05) is 41.3 Å². The van der Waals surface area contributed by atoms with Crippen LogP contribution in [0.15, 0.2) is 36.4 Å². The number of fused-ring (bicyclic) bond motifs is 1. The van der Waals surface area contributed by atoms with Gasteiger partial charge in [0.15, 0.2) is 0 Å². The highest BCUT2D eigenvalue weighted by molar-refractivity contribution is 14.1.